The summed E-state index contributed by atoms with van der Waals surface area (Å²) in [5, 5.41) is 13.5. The summed E-state index contributed by atoms with van der Waals surface area (Å²) in [6.07, 6.45) is -0.155. The van der Waals surface area contributed by atoms with E-state index in [-0.39, 0.29) is 5.91 Å². The number of nitrogens with one attached hydrogen (secondary N) is 1. The highest BCUT2D eigenvalue weighted by Gasteiger charge is 2.10. The molecule has 0 aliphatic rings. The number of hydrogen-bond acceptors (Lipinski definition) is 2. The van der Waals surface area contributed by atoms with E-state index in [2.05, 4.69) is 5.32 Å². The Balaban J connectivity index is 1.85. The van der Waals surface area contributed by atoms with Gasteiger partial charge in [0.1, 0.15) is 0 Å². The molecule has 0 radical (unpaired) electrons. The SMILES string of the molecule is O=C(NCC[C@H](O)c1ccccc1)c1ccc(Cl)c(Cl)c1. The summed E-state index contributed by atoms with van der Waals surface area (Å²) in [4.78, 5) is 11.9. The minimum Gasteiger partial charge on any atom is -0.388 e. The monoisotopic (exact) mass is 323 g/mol. The van der Waals surface area contributed by atoms with Crippen molar-refractivity contribution in [3.63, 3.8) is 0 Å². The van der Waals surface area contributed by atoms with Crippen LogP contribution in [0.1, 0.15) is 28.4 Å². The first-order valence-electron chi connectivity index (χ1n) is 6.54. The van der Waals surface area contributed by atoms with Crippen molar-refractivity contribution < 1.29 is 9.90 Å². The first-order valence-corrected chi connectivity index (χ1v) is 7.30. The summed E-state index contributed by atoms with van der Waals surface area (Å²) in [5.74, 6) is -0.242. The van der Waals surface area contributed by atoms with E-state index in [0.717, 1.165) is 5.56 Å². The number of halogens is 2. The van der Waals surface area contributed by atoms with Crippen molar-refractivity contribution in [2.75, 3.05) is 6.54 Å². The van der Waals surface area contributed by atoms with Crippen molar-refractivity contribution in [3.8, 4) is 0 Å². The predicted octanol–water partition coefficient (Wildman–Crippen LogP) is 3.85. The molecule has 2 N–H and O–H groups in total. The van der Waals surface area contributed by atoms with Crippen molar-refractivity contribution in [1.29, 1.82) is 0 Å². The lowest BCUT2D eigenvalue weighted by Gasteiger charge is -2.11. The average molecular weight is 324 g/mol. The molecule has 5 heteroatoms. The molecule has 0 heterocycles. The molecule has 0 saturated heterocycles. The van der Waals surface area contributed by atoms with Gasteiger partial charge in [-0.1, -0.05) is 53.5 Å². The van der Waals surface area contributed by atoms with E-state index in [1.807, 2.05) is 30.3 Å². The molecule has 2 aromatic rings. The maximum atomic E-state index is 11.9. The zero-order valence-electron chi connectivity index (χ0n) is 11.2. The zero-order valence-corrected chi connectivity index (χ0v) is 12.7. The minimum absolute atomic E-state index is 0.242. The lowest BCUT2D eigenvalue weighted by Crippen LogP contribution is -2.25. The fraction of sp³-hybridized carbons (Fsp3) is 0.188. The number of aliphatic hydroxyl groups excluding tert-OH is 1. The van der Waals surface area contributed by atoms with E-state index in [4.69, 9.17) is 23.2 Å². The van der Waals surface area contributed by atoms with Gasteiger partial charge in [-0.3, -0.25) is 4.79 Å². The molecule has 0 aliphatic carbocycles. The van der Waals surface area contributed by atoms with E-state index >= 15 is 0 Å². The Kier molecular flexibility index (Phi) is 5.62. The van der Waals surface area contributed by atoms with Crippen LogP contribution in [0, 0.1) is 0 Å². The van der Waals surface area contributed by atoms with Gasteiger partial charge in [0.2, 0.25) is 0 Å². The smallest absolute Gasteiger partial charge is 0.251 e. The number of aliphatic hydroxyl groups is 1. The Hall–Kier alpha value is -1.55. The van der Waals surface area contributed by atoms with Crippen molar-refractivity contribution >= 4 is 29.1 Å². The molecule has 110 valence electrons. The molecule has 0 aliphatic heterocycles. The Morgan fingerprint density at radius 2 is 1.81 bits per heavy atom. The molecular formula is C16H15Cl2NO2. The molecule has 0 bridgehead atoms. The molecule has 3 nitrogen and oxygen atoms in total. The maximum Gasteiger partial charge on any atom is 0.251 e. The third-order valence-corrected chi connectivity index (χ3v) is 3.81. The second kappa shape index (κ2) is 7.46. The van der Waals surface area contributed by atoms with Crippen LogP contribution in [0.25, 0.3) is 0 Å². The second-order valence-electron chi connectivity index (χ2n) is 4.60. The third kappa shape index (κ3) is 4.46. The lowest BCUT2D eigenvalue weighted by molar-refractivity contribution is 0.0942. The minimum atomic E-state index is -0.597. The van der Waals surface area contributed by atoms with E-state index in [1.165, 1.54) is 6.07 Å². The van der Waals surface area contributed by atoms with Gasteiger partial charge in [0.25, 0.3) is 5.91 Å². The first kappa shape index (κ1) is 15.8. The van der Waals surface area contributed by atoms with Gasteiger partial charge in [-0.2, -0.15) is 0 Å². The highest BCUT2D eigenvalue weighted by atomic mass is 35.5. The molecule has 0 unspecified atom stereocenters. The second-order valence-corrected chi connectivity index (χ2v) is 5.41. The molecule has 2 rings (SSSR count). The summed E-state index contributed by atoms with van der Waals surface area (Å²) in [5.41, 5.74) is 1.28. The Labute approximate surface area is 133 Å². The summed E-state index contributed by atoms with van der Waals surface area (Å²) in [6.45, 7) is 0.370. The van der Waals surface area contributed by atoms with Crippen LogP contribution in [0.4, 0.5) is 0 Å². The van der Waals surface area contributed by atoms with Crippen LogP contribution in [-0.2, 0) is 0 Å². The van der Waals surface area contributed by atoms with Crippen LogP contribution >= 0.6 is 23.2 Å². The first-order chi connectivity index (χ1) is 10.1. The van der Waals surface area contributed by atoms with Gasteiger partial charge in [-0.15, -0.1) is 0 Å². The summed E-state index contributed by atoms with van der Waals surface area (Å²) in [6, 6.07) is 14.0. The van der Waals surface area contributed by atoms with E-state index in [0.29, 0.717) is 28.6 Å². The Bertz CT molecular complexity index is 617. The molecule has 1 amide bonds. The van der Waals surface area contributed by atoms with Crippen molar-refractivity contribution in [2.45, 2.75) is 12.5 Å². The number of benzene rings is 2. The molecule has 2 aromatic carbocycles. The van der Waals surface area contributed by atoms with E-state index in [9.17, 15) is 9.90 Å². The van der Waals surface area contributed by atoms with Gasteiger partial charge in [0.05, 0.1) is 16.1 Å². The summed E-state index contributed by atoms with van der Waals surface area (Å²) >= 11 is 11.7. The Morgan fingerprint density at radius 1 is 1.10 bits per heavy atom. The molecule has 0 fully saturated rings. The van der Waals surface area contributed by atoms with Crippen molar-refractivity contribution in [2.24, 2.45) is 0 Å². The molecular weight excluding hydrogens is 309 g/mol. The highest BCUT2D eigenvalue weighted by molar-refractivity contribution is 6.42. The van der Waals surface area contributed by atoms with Crippen molar-refractivity contribution in [3.05, 3.63) is 69.7 Å². The number of amides is 1. The van der Waals surface area contributed by atoms with Gasteiger partial charge in [-0.05, 0) is 30.2 Å². The lowest BCUT2D eigenvalue weighted by atomic mass is 10.1. The van der Waals surface area contributed by atoms with Crippen molar-refractivity contribution in [1.82, 2.24) is 5.32 Å². The highest BCUT2D eigenvalue weighted by Crippen LogP contribution is 2.22. The fourth-order valence-electron chi connectivity index (χ4n) is 1.90. The van der Waals surface area contributed by atoms with Gasteiger partial charge < -0.3 is 10.4 Å². The number of carbonyl (C=O) groups is 1. The number of carbonyl (C=O) groups excluding carboxylic acids is 1. The molecule has 21 heavy (non-hydrogen) atoms. The zero-order chi connectivity index (χ0) is 15.2. The van der Waals surface area contributed by atoms with Gasteiger partial charge in [-0.25, -0.2) is 0 Å². The Morgan fingerprint density at radius 3 is 2.48 bits per heavy atom. The fourth-order valence-corrected chi connectivity index (χ4v) is 2.20. The van der Waals surface area contributed by atoms with Crippen LogP contribution in [0.15, 0.2) is 48.5 Å². The van der Waals surface area contributed by atoms with Crippen LogP contribution in [0.2, 0.25) is 10.0 Å². The van der Waals surface area contributed by atoms with Crippen LogP contribution in [-0.4, -0.2) is 17.6 Å². The largest absolute Gasteiger partial charge is 0.388 e. The van der Waals surface area contributed by atoms with Crippen LogP contribution in [0.3, 0.4) is 0 Å². The van der Waals surface area contributed by atoms with Gasteiger partial charge >= 0.3 is 0 Å². The van der Waals surface area contributed by atoms with Gasteiger partial charge in [0, 0.05) is 12.1 Å². The van der Waals surface area contributed by atoms with E-state index < -0.39 is 6.10 Å². The number of rotatable bonds is 5. The standard InChI is InChI=1S/C16H15Cl2NO2/c17-13-7-6-12(10-14(13)18)16(21)19-9-8-15(20)11-4-2-1-3-5-11/h1-7,10,15,20H,8-9H2,(H,19,21)/t15-/m0/s1. The third-order valence-electron chi connectivity index (χ3n) is 3.07. The molecule has 0 spiro atoms. The summed E-state index contributed by atoms with van der Waals surface area (Å²) in [7, 11) is 0. The number of hydrogen-bond donors (Lipinski definition) is 2. The maximum absolute atomic E-state index is 11.9. The summed E-state index contributed by atoms with van der Waals surface area (Å²) < 4.78 is 0. The van der Waals surface area contributed by atoms with Gasteiger partial charge in [0.15, 0.2) is 0 Å². The predicted molar refractivity (Wildman–Crippen MR) is 84.8 cm³/mol. The van der Waals surface area contributed by atoms with Crippen LogP contribution in [0.5, 0.6) is 0 Å². The normalized spacial score (nSPS) is 12.0. The molecule has 1 atom stereocenters. The van der Waals surface area contributed by atoms with Crippen LogP contribution < -0.4 is 5.32 Å². The molecule has 0 saturated carbocycles. The topological polar surface area (TPSA) is 49.3 Å². The van der Waals surface area contributed by atoms with E-state index in [1.54, 1.807) is 12.1 Å². The molecule has 0 aromatic heterocycles. The quantitative estimate of drug-likeness (QED) is 0.878. The average Bonchev–Trinajstić information content (AvgIpc) is 2.50.